The van der Waals surface area contributed by atoms with Gasteiger partial charge in [-0.25, -0.2) is 26.7 Å². The molecule has 0 saturated carbocycles. The number of halogens is 3. The van der Waals surface area contributed by atoms with E-state index in [0.29, 0.717) is 23.2 Å². The van der Waals surface area contributed by atoms with Crippen LogP contribution in [0.1, 0.15) is 12.5 Å². The second kappa shape index (κ2) is 8.35. The molecule has 3 heterocycles. The van der Waals surface area contributed by atoms with Crippen LogP contribution in [0.5, 0.6) is 0 Å². The smallest absolute Gasteiger partial charge is 0.241 e. The molecule has 0 spiro atoms. The van der Waals surface area contributed by atoms with Crippen LogP contribution in [0.25, 0.3) is 11.1 Å². The van der Waals surface area contributed by atoms with Gasteiger partial charge in [0.25, 0.3) is 0 Å². The van der Waals surface area contributed by atoms with Gasteiger partial charge in [0.15, 0.2) is 0 Å². The van der Waals surface area contributed by atoms with E-state index < -0.39 is 38.3 Å². The molecule has 2 N–H and O–H groups in total. The number of benzene rings is 2. The van der Waals surface area contributed by atoms with E-state index in [0.717, 1.165) is 12.1 Å². The number of nitrogens with two attached hydrogens (primary N) is 1. The van der Waals surface area contributed by atoms with Crippen LogP contribution in [0.2, 0.25) is 0 Å². The van der Waals surface area contributed by atoms with E-state index in [1.54, 1.807) is 17.9 Å². The lowest BCUT2D eigenvalue weighted by molar-refractivity contribution is -0.123. The highest BCUT2D eigenvalue weighted by atomic mass is 32.2. The van der Waals surface area contributed by atoms with Crippen molar-refractivity contribution in [2.75, 3.05) is 22.9 Å². The van der Waals surface area contributed by atoms with Crippen LogP contribution in [0.3, 0.4) is 0 Å². The highest BCUT2D eigenvalue weighted by Gasteiger charge is 2.41. The molecule has 2 aliphatic heterocycles. The van der Waals surface area contributed by atoms with Crippen molar-refractivity contribution in [2.24, 2.45) is 11.1 Å². The minimum atomic E-state index is -4.30. The summed E-state index contributed by atoms with van der Waals surface area (Å²) in [5, 5.41) is 5.12. The Hall–Kier alpha value is -3.44. The van der Waals surface area contributed by atoms with Gasteiger partial charge in [-0.1, -0.05) is 6.07 Å². The van der Waals surface area contributed by atoms with Gasteiger partial charge in [0, 0.05) is 42.8 Å². The number of pyridine rings is 1. The molecular weight excluding hydrogens is 481 g/mol. The van der Waals surface area contributed by atoms with Crippen LogP contribution in [-0.4, -0.2) is 38.4 Å². The van der Waals surface area contributed by atoms with Gasteiger partial charge in [0.05, 0.1) is 11.6 Å². The Morgan fingerprint density at radius 1 is 1.03 bits per heavy atom. The lowest BCUT2D eigenvalue weighted by Gasteiger charge is -2.42. The van der Waals surface area contributed by atoms with Gasteiger partial charge in [-0.3, -0.25) is 9.78 Å². The molecule has 3 aromatic rings. The minimum absolute atomic E-state index is 0.187. The van der Waals surface area contributed by atoms with E-state index in [9.17, 15) is 26.4 Å². The number of nitrogens with zero attached hydrogens (tertiary/aromatic N) is 3. The molecule has 35 heavy (non-hydrogen) atoms. The number of fused-ring (bicyclic) bond motifs is 1. The molecule has 2 aliphatic rings. The molecule has 1 atom stereocenters. The second-order valence-electron chi connectivity index (χ2n) is 8.84. The van der Waals surface area contributed by atoms with Gasteiger partial charge >= 0.3 is 0 Å². The summed E-state index contributed by atoms with van der Waals surface area (Å²) in [4.78, 5) is 19.6. The van der Waals surface area contributed by atoms with Gasteiger partial charge in [-0.05, 0) is 54.8 Å². The summed E-state index contributed by atoms with van der Waals surface area (Å²) >= 11 is 0. The topological polar surface area (TPSA) is 96.6 Å². The molecule has 0 aliphatic carbocycles. The second-order valence-corrected chi connectivity index (χ2v) is 10.4. The van der Waals surface area contributed by atoms with Crippen molar-refractivity contribution in [1.82, 2.24) is 4.98 Å². The number of hydrogen-bond acceptors (Lipinski definition) is 5. The fourth-order valence-corrected chi connectivity index (χ4v) is 5.33. The Kier molecular flexibility index (Phi) is 5.56. The van der Waals surface area contributed by atoms with E-state index in [4.69, 9.17) is 5.14 Å². The minimum Gasteiger partial charge on any atom is -0.367 e. The Morgan fingerprint density at radius 2 is 1.77 bits per heavy atom. The van der Waals surface area contributed by atoms with E-state index >= 15 is 0 Å². The number of carbonyl (C=O) groups excluding carboxylic acids is 1. The first kappa shape index (κ1) is 23.3. The van der Waals surface area contributed by atoms with Crippen molar-refractivity contribution < 1.29 is 26.4 Å². The van der Waals surface area contributed by atoms with Gasteiger partial charge in [0.1, 0.15) is 22.3 Å². The summed E-state index contributed by atoms with van der Waals surface area (Å²) in [5.41, 5.74) is 1.67. The van der Waals surface area contributed by atoms with Crippen LogP contribution in [0, 0.1) is 23.4 Å². The monoisotopic (exact) mass is 502 g/mol. The molecular formula is C24H21F3N4O3S. The molecule has 1 saturated heterocycles. The number of primary sulfonamides is 1. The maximum atomic E-state index is 14.8. The normalized spacial score (nSPS) is 17.9. The van der Waals surface area contributed by atoms with Crippen LogP contribution in [0.4, 0.5) is 24.5 Å². The van der Waals surface area contributed by atoms with E-state index in [2.05, 4.69) is 4.98 Å². The molecule has 5 rings (SSSR count). The Balaban J connectivity index is 1.34. The van der Waals surface area contributed by atoms with Crippen LogP contribution in [0.15, 0.2) is 53.7 Å². The molecule has 1 fully saturated rings. The number of amides is 1. The van der Waals surface area contributed by atoms with E-state index in [1.807, 2.05) is 0 Å². The molecule has 11 heteroatoms. The third-order valence-electron chi connectivity index (χ3n) is 6.49. The lowest BCUT2D eigenvalue weighted by Crippen LogP contribution is -2.56. The van der Waals surface area contributed by atoms with Crippen molar-refractivity contribution in [3.05, 3.63) is 71.8 Å². The van der Waals surface area contributed by atoms with E-state index in [1.165, 1.54) is 35.5 Å². The maximum absolute atomic E-state index is 14.8. The first-order valence-electron chi connectivity index (χ1n) is 10.9. The predicted molar refractivity (Wildman–Crippen MR) is 124 cm³/mol. The standard InChI is InChI=1S/C24H21F3N4O3S/c1-13-6-15-8-20(27)23(35(28,33)34)9-22(15)31(13)24(32)16-11-30(12-16)21-3-2-14(7-19(21)26)17-10-29-5-4-18(17)25/h2-5,7-10,13,16H,6,11-12H2,1H3,(H2,28,33,34)/t13-/m0/s1. The van der Waals surface area contributed by atoms with Gasteiger partial charge in [0.2, 0.25) is 15.9 Å². The largest absolute Gasteiger partial charge is 0.367 e. The van der Waals surface area contributed by atoms with Crippen LogP contribution >= 0.6 is 0 Å². The maximum Gasteiger partial charge on any atom is 0.241 e. The highest BCUT2D eigenvalue weighted by molar-refractivity contribution is 7.89. The third-order valence-corrected chi connectivity index (χ3v) is 7.42. The van der Waals surface area contributed by atoms with Crippen molar-refractivity contribution in [1.29, 1.82) is 0 Å². The van der Waals surface area contributed by atoms with Crippen molar-refractivity contribution in [2.45, 2.75) is 24.3 Å². The zero-order chi connectivity index (χ0) is 25.1. The molecule has 1 aromatic heterocycles. The zero-order valence-corrected chi connectivity index (χ0v) is 19.4. The number of sulfonamides is 1. The summed E-state index contributed by atoms with van der Waals surface area (Å²) in [5.74, 6) is -2.72. The number of hydrogen-bond donors (Lipinski definition) is 1. The third kappa shape index (κ3) is 4.04. The summed E-state index contributed by atoms with van der Waals surface area (Å²) in [7, 11) is -4.30. The average Bonchev–Trinajstić information content (AvgIpc) is 3.07. The molecule has 0 radical (unpaired) electrons. The first-order chi connectivity index (χ1) is 16.5. The quantitative estimate of drug-likeness (QED) is 0.591. The zero-order valence-electron chi connectivity index (χ0n) is 18.6. The van der Waals surface area contributed by atoms with Crippen molar-refractivity contribution in [3.8, 4) is 11.1 Å². The Bertz CT molecular complexity index is 1460. The van der Waals surface area contributed by atoms with Crippen LogP contribution < -0.4 is 14.9 Å². The van der Waals surface area contributed by atoms with Crippen molar-refractivity contribution in [3.63, 3.8) is 0 Å². The van der Waals surface area contributed by atoms with Gasteiger partial charge < -0.3 is 9.80 Å². The Labute approximate surface area is 200 Å². The van der Waals surface area contributed by atoms with Crippen molar-refractivity contribution >= 4 is 27.3 Å². The number of carbonyl (C=O) groups is 1. The molecule has 0 unspecified atom stereocenters. The first-order valence-corrected chi connectivity index (χ1v) is 12.4. The molecule has 7 nitrogen and oxygen atoms in total. The highest BCUT2D eigenvalue weighted by Crippen LogP contribution is 2.38. The lowest BCUT2D eigenvalue weighted by atomic mass is 9.96. The average molecular weight is 503 g/mol. The molecule has 0 bridgehead atoms. The number of aromatic nitrogens is 1. The predicted octanol–water partition coefficient (Wildman–Crippen LogP) is 3.23. The van der Waals surface area contributed by atoms with Crippen LogP contribution in [-0.2, 0) is 21.2 Å². The summed E-state index contributed by atoms with van der Waals surface area (Å²) < 4.78 is 66.6. The fraction of sp³-hybridized carbons (Fsp3) is 0.250. The number of rotatable bonds is 4. The fourth-order valence-electron chi connectivity index (χ4n) is 4.72. The molecule has 2 aromatic carbocycles. The summed E-state index contributed by atoms with van der Waals surface area (Å²) in [6, 6.07) is 7.47. The molecule has 182 valence electrons. The summed E-state index contributed by atoms with van der Waals surface area (Å²) in [6.07, 6.45) is 3.01. The number of anilines is 2. The molecule has 1 amide bonds. The SMILES string of the molecule is C[C@H]1Cc2cc(F)c(S(N)(=O)=O)cc2N1C(=O)C1CN(c2ccc(-c3cnccc3F)cc2F)C1. The van der Waals surface area contributed by atoms with Gasteiger partial charge in [-0.2, -0.15) is 0 Å². The Morgan fingerprint density at radius 3 is 2.43 bits per heavy atom. The summed E-state index contributed by atoms with van der Waals surface area (Å²) in [6.45, 7) is 2.29. The van der Waals surface area contributed by atoms with Gasteiger partial charge in [-0.15, -0.1) is 0 Å². The van der Waals surface area contributed by atoms with E-state index in [-0.39, 0.29) is 36.3 Å².